The highest BCUT2D eigenvalue weighted by atomic mass is 16.5. The molecule has 0 aliphatic heterocycles. The number of aromatic nitrogens is 1. The lowest BCUT2D eigenvalue weighted by molar-refractivity contribution is 0.147. The molecule has 2 aliphatic rings. The molecule has 0 atom stereocenters. The Morgan fingerprint density at radius 1 is 1.17 bits per heavy atom. The summed E-state index contributed by atoms with van der Waals surface area (Å²) in [5, 5.41) is 3.53. The molecule has 98 valence electrons. The van der Waals surface area contributed by atoms with Crippen molar-refractivity contribution in [1.82, 2.24) is 10.3 Å². The Bertz CT molecular complexity index is 384. The van der Waals surface area contributed by atoms with E-state index in [0.29, 0.717) is 6.10 Å². The number of nitrogens with zero attached hydrogens (tertiary/aromatic N) is 1. The molecule has 0 saturated heterocycles. The summed E-state index contributed by atoms with van der Waals surface area (Å²) in [5.41, 5.74) is 1.20. The fraction of sp³-hybridized carbons (Fsp3) is 0.667. The molecule has 3 nitrogen and oxygen atoms in total. The minimum atomic E-state index is 0.383. The van der Waals surface area contributed by atoms with E-state index >= 15 is 0 Å². The van der Waals surface area contributed by atoms with Gasteiger partial charge in [-0.2, -0.15) is 0 Å². The van der Waals surface area contributed by atoms with Gasteiger partial charge in [-0.25, -0.2) is 4.98 Å². The summed E-state index contributed by atoms with van der Waals surface area (Å²) in [7, 11) is 0. The zero-order chi connectivity index (χ0) is 12.2. The van der Waals surface area contributed by atoms with Gasteiger partial charge >= 0.3 is 0 Å². The van der Waals surface area contributed by atoms with E-state index in [1.165, 1.54) is 50.5 Å². The Morgan fingerprint density at radius 3 is 2.78 bits per heavy atom. The Labute approximate surface area is 109 Å². The van der Waals surface area contributed by atoms with Crippen molar-refractivity contribution in [2.45, 2.75) is 63.6 Å². The summed E-state index contributed by atoms with van der Waals surface area (Å²) < 4.78 is 6.09. The summed E-state index contributed by atoms with van der Waals surface area (Å²) in [5.74, 6) is 0.845. The van der Waals surface area contributed by atoms with Crippen molar-refractivity contribution in [2.24, 2.45) is 0 Å². The molecule has 0 amide bonds. The summed E-state index contributed by atoms with van der Waals surface area (Å²) >= 11 is 0. The Kier molecular flexibility index (Phi) is 3.79. The molecule has 1 aromatic heterocycles. The van der Waals surface area contributed by atoms with Gasteiger partial charge in [0.2, 0.25) is 5.88 Å². The summed E-state index contributed by atoms with van der Waals surface area (Å²) in [6.45, 7) is 0.889. The molecule has 0 radical (unpaired) electrons. The highest BCUT2D eigenvalue weighted by molar-refractivity contribution is 5.25. The van der Waals surface area contributed by atoms with Crippen molar-refractivity contribution in [2.75, 3.05) is 0 Å². The Morgan fingerprint density at radius 2 is 2.00 bits per heavy atom. The SMILES string of the molecule is c1cnc(OC2CCCCC2)c(CNC2CC2)c1. The predicted octanol–water partition coefficient (Wildman–Crippen LogP) is 3.05. The number of nitrogens with one attached hydrogen (secondary N) is 1. The van der Waals surface area contributed by atoms with Crippen molar-refractivity contribution in [3.05, 3.63) is 23.9 Å². The minimum absolute atomic E-state index is 0.383. The molecule has 2 saturated carbocycles. The molecule has 0 spiro atoms. The Hall–Kier alpha value is -1.09. The maximum Gasteiger partial charge on any atom is 0.218 e. The van der Waals surface area contributed by atoms with Crippen molar-refractivity contribution in [3.63, 3.8) is 0 Å². The van der Waals surface area contributed by atoms with Gasteiger partial charge < -0.3 is 10.1 Å². The average molecular weight is 246 g/mol. The number of hydrogen-bond donors (Lipinski definition) is 1. The zero-order valence-electron chi connectivity index (χ0n) is 10.9. The smallest absolute Gasteiger partial charge is 0.218 e. The maximum atomic E-state index is 6.09. The monoisotopic (exact) mass is 246 g/mol. The first-order chi connectivity index (χ1) is 8.92. The number of ether oxygens (including phenoxy) is 1. The van der Waals surface area contributed by atoms with Gasteiger partial charge in [-0.15, -0.1) is 0 Å². The molecule has 3 rings (SSSR count). The lowest BCUT2D eigenvalue weighted by Gasteiger charge is -2.23. The lowest BCUT2D eigenvalue weighted by Crippen LogP contribution is -2.22. The van der Waals surface area contributed by atoms with Crippen LogP contribution in [0, 0.1) is 0 Å². The van der Waals surface area contributed by atoms with Gasteiger partial charge in [0.05, 0.1) is 0 Å². The topological polar surface area (TPSA) is 34.1 Å². The molecule has 3 heteroatoms. The van der Waals surface area contributed by atoms with E-state index in [2.05, 4.69) is 16.4 Å². The molecule has 0 aromatic carbocycles. The van der Waals surface area contributed by atoms with Crippen LogP contribution in [0.15, 0.2) is 18.3 Å². The summed E-state index contributed by atoms with van der Waals surface area (Å²) in [6.07, 6.45) is 11.2. The van der Waals surface area contributed by atoms with Gasteiger partial charge in [-0.05, 0) is 44.6 Å². The molecular formula is C15H22N2O. The molecular weight excluding hydrogens is 224 g/mol. The molecule has 1 heterocycles. The third-order valence-electron chi connectivity index (χ3n) is 3.84. The van der Waals surface area contributed by atoms with Crippen molar-refractivity contribution >= 4 is 0 Å². The van der Waals surface area contributed by atoms with E-state index in [-0.39, 0.29) is 0 Å². The van der Waals surface area contributed by atoms with E-state index in [1.807, 2.05) is 12.3 Å². The molecule has 1 aromatic rings. The molecule has 2 fully saturated rings. The zero-order valence-corrected chi connectivity index (χ0v) is 10.9. The van der Waals surface area contributed by atoms with E-state index in [1.54, 1.807) is 0 Å². The fourth-order valence-corrected chi connectivity index (χ4v) is 2.55. The van der Waals surface area contributed by atoms with Gasteiger partial charge in [0, 0.05) is 24.3 Å². The van der Waals surface area contributed by atoms with Crippen LogP contribution in [0.25, 0.3) is 0 Å². The molecule has 18 heavy (non-hydrogen) atoms. The summed E-state index contributed by atoms with van der Waals surface area (Å²) in [4.78, 5) is 4.41. The van der Waals surface area contributed by atoms with E-state index in [4.69, 9.17) is 4.74 Å². The van der Waals surface area contributed by atoms with Crippen LogP contribution in [0.1, 0.15) is 50.5 Å². The second-order valence-corrected chi connectivity index (χ2v) is 5.50. The predicted molar refractivity (Wildman–Crippen MR) is 71.6 cm³/mol. The Balaban J connectivity index is 1.61. The van der Waals surface area contributed by atoms with Crippen LogP contribution in [0.3, 0.4) is 0 Å². The molecule has 2 aliphatic carbocycles. The lowest BCUT2D eigenvalue weighted by atomic mass is 9.98. The van der Waals surface area contributed by atoms with E-state index < -0.39 is 0 Å². The first-order valence-corrected chi connectivity index (χ1v) is 7.26. The van der Waals surface area contributed by atoms with Crippen LogP contribution < -0.4 is 10.1 Å². The fourth-order valence-electron chi connectivity index (χ4n) is 2.55. The second kappa shape index (κ2) is 5.70. The van der Waals surface area contributed by atoms with Crippen LogP contribution in [0.4, 0.5) is 0 Å². The van der Waals surface area contributed by atoms with Crippen molar-refractivity contribution in [3.8, 4) is 5.88 Å². The van der Waals surface area contributed by atoms with Gasteiger partial charge in [-0.1, -0.05) is 12.5 Å². The van der Waals surface area contributed by atoms with Crippen molar-refractivity contribution in [1.29, 1.82) is 0 Å². The van der Waals surface area contributed by atoms with Crippen LogP contribution in [0.5, 0.6) is 5.88 Å². The highest BCUT2D eigenvalue weighted by Gasteiger charge is 2.21. The first kappa shape index (κ1) is 12.0. The van der Waals surface area contributed by atoms with E-state index in [9.17, 15) is 0 Å². The quantitative estimate of drug-likeness (QED) is 0.867. The average Bonchev–Trinajstić information content (AvgIpc) is 3.23. The van der Waals surface area contributed by atoms with Crippen LogP contribution in [-0.4, -0.2) is 17.1 Å². The second-order valence-electron chi connectivity index (χ2n) is 5.50. The molecule has 0 unspecified atom stereocenters. The van der Waals surface area contributed by atoms with Crippen LogP contribution >= 0.6 is 0 Å². The molecule has 1 N–H and O–H groups in total. The van der Waals surface area contributed by atoms with Gasteiger partial charge in [0.25, 0.3) is 0 Å². The van der Waals surface area contributed by atoms with Gasteiger partial charge in [0.1, 0.15) is 6.10 Å². The standard InChI is InChI=1S/C15H22N2O/c1-2-6-14(7-3-1)18-15-12(5-4-10-16-15)11-17-13-8-9-13/h4-5,10,13-14,17H,1-3,6-9,11H2. The van der Waals surface area contributed by atoms with Crippen LogP contribution in [-0.2, 0) is 6.54 Å². The van der Waals surface area contributed by atoms with Gasteiger partial charge in [0.15, 0.2) is 0 Å². The maximum absolute atomic E-state index is 6.09. The third kappa shape index (κ3) is 3.22. The summed E-state index contributed by atoms with van der Waals surface area (Å²) in [6, 6.07) is 4.85. The normalized spacial score (nSPS) is 20.9. The molecule has 0 bridgehead atoms. The number of hydrogen-bond acceptors (Lipinski definition) is 3. The van der Waals surface area contributed by atoms with Crippen molar-refractivity contribution < 1.29 is 4.74 Å². The first-order valence-electron chi connectivity index (χ1n) is 7.26. The largest absolute Gasteiger partial charge is 0.474 e. The number of rotatable bonds is 5. The number of pyridine rings is 1. The highest BCUT2D eigenvalue weighted by Crippen LogP contribution is 2.25. The minimum Gasteiger partial charge on any atom is -0.474 e. The van der Waals surface area contributed by atoms with E-state index in [0.717, 1.165) is 18.5 Å². The van der Waals surface area contributed by atoms with Crippen LogP contribution in [0.2, 0.25) is 0 Å². The van der Waals surface area contributed by atoms with Gasteiger partial charge in [-0.3, -0.25) is 0 Å². The third-order valence-corrected chi connectivity index (χ3v) is 3.84.